The summed E-state index contributed by atoms with van der Waals surface area (Å²) in [4.78, 5) is 17.7. The number of amides is 1. The van der Waals surface area contributed by atoms with Crippen LogP contribution in [0.5, 0.6) is 0 Å². The molecule has 0 bridgehead atoms. The molecule has 5 nitrogen and oxygen atoms in total. The Morgan fingerprint density at radius 1 is 0.909 bits per heavy atom. The molecule has 1 aromatic heterocycles. The summed E-state index contributed by atoms with van der Waals surface area (Å²) in [5.74, 6) is 0.522. The number of carbonyl (C=O) groups is 1. The lowest BCUT2D eigenvalue weighted by Crippen LogP contribution is -2.49. The van der Waals surface area contributed by atoms with Crippen molar-refractivity contribution in [2.24, 2.45) is 0 Å². The Bertz CT molecular complexity index is 1210. The average Bonchev–Trinajstić information content (AvgIpc) is 3.39. The summed E-state index contributed by atoms with van der Waals surface area (Å²) >= 11 is 0. The highest BCUT2D eigenvalue weighted by atomic mass is 19.1. The number of furan rings is 1. The molecule has 4 aromatic rings. The highest BCUT2D eigenvalue weighted by Gasteiger charge is 2.27. The van der Waals surface area contributed by atoms with Crippen molar-refractivity contribution in [3.8, 4) is 0 Å². The number of anilines is 1. The topological polar surface area (TPSA) is 48.7 Å². The Hall–Kier alpha value is -3.64. The molecule has 1 N–H and O–H groups in total. The van der Waals surface area contributed by atoms with Gasteiger partial charge in [-0.2, -0.15) is 0 Å². The Morgan fingerprint density at radius 3 is 2.42 bits per heavy atom. The molecule has 168 valence electrons. The van der Waals surface area contributed by atoms with Crippen LogP contribution in [0.1, 0.15) is 22.2 Å². The van der Waals surface area contributed by atoms with Crippen molar-refractivity contribution in [1.29, 1.82) is 0 Å². The summed E-state index contributed by atoms with van der Waals surface area (Å²) in [5.41, 5.74) is 1.70. The third-order valence-electron chi connectivity index (χ3n) is 6.31. The first-order valence-electron chi connectivity index (χ1n) is 11.2. The van der Waals surface area contributed by atoms with E-state index in [-0.39, 0.29) is 17.8 Å². The van der Waals surface area contributed by atoms with Crippen molar-refractivity contribution in [3.05, 3.63) is 102 Å². The molecule has 0 radical (unpaired) electrons. The number of fused-ring (bicyclic) bond motifs is 1. The quantitative estimate of drug-likeness (QED) is 0.462. The number of piperazine rings is 1. The van der Waals surface area contributed by atoms with E-state index in [1.54, 1.807) is 6.26 Å². The maximum Gasteiger partial charge on any atom is 0.251 e. The van der Waals surface area contributed by atoms with Gasteiger partial charge < -0.3 is 14.6 Å². The predicted octanol–water partition coefficient (Wildman–Crippen LogP) is 4.87. The number of hydrogen-bond donors (Lipinski definition) is 1. The van der Waals surface area contributed by atoms with Gasteiger partial charge in [-0.15, -0.1) is 0 Å². The van der Waals surface area contributed by atoms with Crippen LogP contribution in [0.15, 0.2) is 89.5 Å². The summed E-state index contributed by atoms with van der Waals surface area (Å²) < 4.78 is 19.0. The van der Waals surface area contributed by atoms with Crippen molar-refractivity contribution in [2.75, 3.05) is 37.6 Å². The monoisotopic (exact) mass is 443 g/mol. The van der Waals surface area contributed by atoms with E-state index in [1.807, 2.05) is 66.7 Å². The average molecular weight is 444 g/mol. The Kier molecular flexibility index (Phi) is 6.09. The van der Waals surface area contributed by atoms with E-state index >= 15 is 0 Å². The molecule has 3 aromatic carbocycles. The van der Waals surface area contributed by atoms with Crippen LogP contribution in [0.2, 0.25) is 0 Å². The van der Waals surface area contributed by atoms with Gasteiger partial charge in [-0.1, -0.05) is 36.4 Å². The maximum absolute atomic E-state index is 13.3. The van der Waals surface area contributed by atoms with Crippen LogP contribution in [0, 0.1) is 5.82 Å². The van der Waals surface area contributed by atoms with E-state index in [1.165, 1.54) is 12.1 Å². The van der Waals surface area contributed by atoms with Gasteiger partial charge in [-0.3, -0.25) is 9.69 Å². The van der Waals surface area contributed by atoms with E-state index < -0.39 is 0 Å². The lowest BCUT2D eigenvalue weighted by atomic mass is 10.0. The molecule has 1 saturated heterocycles. The molecule has 2 heterocycles. The molecule has 1 atom stereocenters. The van der Waals surface area contributed by atoms with E-state index in [9.17, 15) is 9.18 Å². The molecular weight excluding hydrogens is 417 g/mol. The number of rotatable bonds is 6. The SMILES string of the molecule is O=C(NCC(c1ccco1)N1CCN(c2ccc(F)cc2)CC1)c1cccc2ccccc12. The summed E-state index contributed by atoms with van der Waals surface area (Å²) in [7, 11) is 0. The van der Waals surface area contributed by atoms with Gasteiger partial charge in [0.1, 0.15) is 11.6 Å². The molecule has 0 spiro atoms. The molecule has 1 aliphatic heterocycles. The van der Waals surface area contributed by atoms with Gasteiger partial charge in [0.15, 0.2) is 0 Å². The second kappa shape index (κ2) is 9.46. The molecule has 5 rings (SSSR count). The van der Waals surface area contributed by atoms with Crippen LogP contribution in [0.3, 0.4) is 0 Å². The molecule has 1 amide bonds. The third kappa shape index (κ3) is 4.61. The van der Waals surface area contributed by atoms with E-state index in [0.29, 0.717) is 12.1 Å². The van der Waals surface area contributed by atoms with Gasteiger partial charge >= 0.3 is 0 Å². The molecule has 33 heavy (non-hydrogen) atoms. The van der Waals surface area contributed by atoms with Crippen LogP contribution >= 0.6 is 0 Å². The summed E-state index contributed by atoms with van der Waals surface area (Å²) in [5, 5.41) is 5.12. The number of benzene rings is 3. The Balaban J connectivity index is 1.28. The molecule has 0 saturated carbocycles. The van der Waals surface area contributed by atoms with Crippen LogP contribution in [0.4, 0.5) is 10.1 Å². The largest absolute Gasteiger partial charge is 0.468 e. The lowest BCUT2D eigenvalue weighted by molar-refractivity contribution is 0.0924. The standard InChI is InChI=1S/C27H26FN3O2/c28-21-10-12-22(13-11-21)30-14-16-31(17-15-30)25(26-9-4-18-33-26)19-29-27(32)24-8-3-6-20-5-1-2-7-23(20)24/h1-13,18,25H,14-17,19H2,(H,29,32). The molecule has 0 aliphatic carbocycles. The zero-order valence-electron chi connectivity index (χ0n) is 18.3. The van der Waals surface area contributed by atoms with Gasteiger partial charge in [-0.05, 0) is 53.2 Å². The molecular formula is C27H26FN3O2. The Labute approximate surface area is 192 Å². The van der Waals surface area contributed by atoms with E-state index in [2.05, 4.69) is 15.1 Å². The fraction of sp³-hybridized carbons (Fsp3) is 0.222. The minimum atomic E-state index is -0.225. The first-order chi connectivity index (χ1) is 16.2. The first-order valence-corrected chi connectivity index (χ1v) is 11.2. The molecule has 1 fully saturated rings. The first kappa shape index (κ1) is 21.2. The predicted molar refractivity (Wildman–Crippen MR) is 128 cm³/mol. The van der Waals surface area contributed by atoms with Crippen LogP contribution in [0.25, 0.3) is 10.8 Å². The zero-order chi connectivity index (χ0) is 22.6. The van der Waals surface area contributed by atoms with Crippen LogP contribution < -0.4 is 10.2 Å². The van der Waals surface area contributed by atoms with Gasteiger partial charge in [0.2, 0.25) is 0 Å². The lowest BCUT2D eigenvalue weighted by Gasteiger charge is -2.39. The second-order valence-electron chi connectivity index (χ2n) is 8.27. The normalized spacial score (nSPS) is 15.5. The fourth-order valence-electron chi connectivity index (χ4n) is 4.54. The number of carbonyl (C=O) groups excluding carboxylic acids is 1. The number of halogens is 1. The van der Waals surface area contributed by atoms with Gasteiger partial charge in [0, 0.05) is 44.0 Å². The number of hydrogen-bond acceptors (Lipinski definition) is 4. The third-order valence-corrected chi connectivity index (χ3v) is 6.31. The maximum atomic E-state index is 13.3. The minimum absolute atomic E-state index is 0.0608. The van der Waals surface area contributed by atoms with Crippen LogP contribution in [-0.2, 0) is 0 Å². The number of nitrogens with zero attached hydrogens (tertiary/aromatic N) is 2. The van der Waals surface area contributed by atoms with Gasteiger partial charge in [0.25, 0.3) is 5.91 Å². The van der Waals surface area contributed by atoms with Crippen LogP contribution in [-0.4, -0.2) is 43.5 Å². The number of nitrogens with one attached hydrogen (secondary N) is 1. The van der Waals surface area contributed by atoms with Crippen molar-refractivity contribution in [2.45, 2.75) is 6.04 Å². The van der Waals surface area contributed by atoms with Crippen molar-refractivity contribution < 1.29 is 13.6 Å². The molecule has 1 unspecified atom stereocenters. The summed E-state index contributed by atoms with van der Waals surface area (Å²) in [6, 6.07) is 24.1. The smallest absolute Gasteiger partial charge is 0.251 e. The summed E-state index contributed by atoms with van der Waals surface area (Å²) in [6.45, 7) is 3.71. The van der Waals surface area contributed by atoms with Crippen molar-refractivity contribution in [1.82, 2.24) is 10.2 Å². The minimum Gasteiger partial charge on any atom is -0.468 e. The van der Waals surface area contributed by atoms with Crippen molar-refractivity contribution in [3.63, 3.8) is 0 Å². The second-order valence-corrected chi connectivity index (χ2v) is 8.27. The molecule has 1 aliphatic rings. The molecule has 6 heteroatoms. The van der Waals surface area contributed by atoms with Gasteiger partial charge in [0.05, 0.1) is 12.3 Å². The van der Waals surface area contributed by atoms with E-state index in [4.69, 9.17) is 4.42 Å². The Morgan fingerprint density at radius 2 is 1.67 bits per heavy atom. The fourth-order valence-corrected chi connectivity index (χ4v) is 4.54. The highest BCUT2D eigenvalue weighted by molar-refractivity contribution is 6.07. The van der Waals surface area contributed by atoms with E-state index in [0.717, 1.165) is 48.4 Å². The summed E-state index contributed by atoms with van der Waals surface area (Å²) in [6.07, 6.45) is 1.67. The van der Waals surface area contributed by atoms with Crippen molar-refractivity contribution >= 4 is 22.4 Å². The van der Waals surface area contributed by atoms with Gasteiger partial charge in [-0.25, -0.2) is 4.39 Å². The zero-order valence-corrected chi connectivity index (χ0v) is 18.3. The highest BCUT2D eigenvalue weighted by Crippen LogP contribution is 2.25.